The van der Waals surface area contributed by atoms with Gasteiger partial charge in [-0.1, -0.05) is 6.92 Å². The third kappa shape index (κ3) is 1.28. The van der Waals surface area contributed by atoms with Crippen molar-refractivity contribution >= 4 is 0 Å². The van der Waals surface area contributed by atoms with Gasteiger partial charge in [0.1, 0.15) is 12.3 Å². The fourth-order valence-corrected chi connectivity index (χ4v) is 2.34. The van der Waals surface area contributed by atoms with Crippen LogP contribution in [0.3, 0.4) is 0 Å². The number of hydrogen-bond donors (Lipinski definition) is 0. The number of nitrogens with zero attached hydrogens (tertiary/aromatic N) is 2. The van der Waals surface area contributed by atoms with E-state index in [0.717, 1.165) is 12.8 Å². The standard InChI is InChI=1S/C11H14N2O3/c1-3-7-8-4-9(15-7)13-5-6(2)10(14)12-11(13)16-8/h5,7-9H,3-4H2,1-2H3/t7-,8?,9-/m1/s1. The molecule has 2 aliphatic rings. The van der Waals surface area contributed by atoms with E-state index in [2.05, 4.69) is 11.9 Å². The van der Waals surface area contributed by atoms with Crippen molar-refractivity contribution in [3.63, 3.8) is 0 Å². The molecule has 0 saturated carbocycles. The molecule has 16 heavy (non-hydrogen) atoms. The van der Waals surface area contributed by atoms with Gasteiger partial charge in [0.25, 0.3) is 5.56 Å². The Morgan fingerprint density at radius 3 is 3.19 bits per heavy atom. The second-order valence-electron chi connectivity index (χ2n) is 4.35. The zero-order valence-corrected chi connectivity index (χ0v) is 9.34. The summed E-state index contributed by atoms with van der Waals surface area (Å²) in [6.45, 7) is 3.82. The van der Waals surface area contributed by atoms with Crippen LogP contribution in [0.15, 0.2) is 11.0 Å². The Labute approximate surface area is 93.0 Å². The van der Waals surface area contributed by atoms with Gasteiger partial charge in [-0.25, -0.2) is 0 Å². The van der Waals surface area contributed by atoms with Crippen LogP contribution in [0, 0.1) is 6.92 Å². The molecular formula is C11H14N2O3. The van der Waals surface area contributed by atoms with Crippen molar-refractivity contribution in [3.8, 4) is 6.01 Å². The highest BCUT2D eigenvalue weighted by Crippen LogP contribution is 2.38. The van der Waals surface area contributed by atoms with Gasteiger partial charge in [-0.15, -0.1) is 0 Å². The number of aryl methyl sites for hydroxylation is 1. The molecule has 1 aromatic rings. The minimum Gasteiger partial charge on any atom is -0.458 e. The first-order chi connectivity index (χ1) is 7.69. The molecule has 3 atom stereocenters. The van der Waals surface area contributed by atoms with E-state index in [1.54, 1.807) is 13.1 Å². The lowest BCUT2D eigenvalue weighted by Crippen LogP contribution is -2.31. The van der Waals surface area contributed by atoms with Crippen LogP contribution in [0.1, 0.15) is 31.6 Å². The number of rotatable bonds is 1. The molecule has 0 aromatic carbocycles. The fourth-order valence-electron chi connectivity index (χ4n) is 2.34. The minimum atomic E-state index is -0.222. The highest BCUT2D eigenvalue weighted by Gasteiger charge is 2.42. The van der Waals surface area contributed by atoms with E-state index in [4.69, 9.17) is 9.47 Å². The SMILES string of the molecule is CC[C@H]1O[C@@H]2CC1Oc1nc(=O)c(C)cn12. The maximum Gasteiger partial charge on any atom is 0.302 e. The lowest BCUT2D eigenvalue weighted by Gasteiger charge is -2.23. The second kappa shape index (κ2) is 3.31. The largest absolute Gasteiger partial charge is 0.458 e. The first-order valence-corrected chi connectivity index (χ1v) is 5.61. The molecule has 0 N–H and O–H groups in total. The van der Waals surface area contributed by atoms with E-state index in [9.17, 15) is 4.79 Å². The zero-order valence-electron chi connectivity index (χ0n) is 9.34. The fraction of sp³-hybridized carbons (Fsp3) is 0.636. The summed E-state index contributed by atoms with van der Waals surface area (Å²) in [7, 11) is 0. The third-order valence-electron chi connectivity index (χ3n) is 3.24. The van der Waals surface area contributed by atoms with Gasteiger partial charge in [0.2, 0.25) is 0 Å². The van der Waals surface area contributed by atoms with Gasteiger partial charge in [-0.3, -0.25) is 9.36 Å². The molecule has 1 unspecified atom stereocenters. The Bertz CT molecular complexity index is 483. The Kier molecular flexibility index (Phi) is 2.04. The molecule has 1 aromatic heterocycles. The first kappa shape index (κ1) is 9.84. The summed E-state index contributed by atoms with van der Waals surface area (Å²) in [6, 6.07) is 0.396. The summed E-state index contributed by atoms with van der Waals surface area (Å²) in [4.78, 5) is 15.4. The van der Waals surface area contributed by atoms with Crippen molar-refractivity contribution in [2.45, 2.75) is 45.1 Å². The van der Waals surface area contributed by atoms with Crippen LogP contribution in [0.25, 0.3) is 0 Å². The lowest BCUT2D eigenvalue weighted by atomic mass is 10.1. The van der Waals surface area contributed by atoms with Crippen LogP contribution in [-0.4, -0.2) is 21.8 Å². The maximum atomic E-state index is 11.4. The van der Waals surface area contributed by atoms with E-state index < -0.39 is 0 Å². The Balaban J connectivity index is 2.06. The molecule has 1 fully saturated rings. The Morgan fingerprint density at radius 2 is 2.44 bits per heavy atom. The maximum absolute atomic E-state index is 11.4. The molecule has 2 aliphatic heterocycles. The summed E-state index contributed by atoms with van der Waals surface area (Å²) in [5.41, 5.74) is 0.398. The summed E-state index contributed by atoms with van der Waals surface area (Å²) in [5.74, 6) is 0. The number of ether oxygens (including phenoxy) is 2. The van der Waals surface area contributed by atoms with Gasteiger partial charge < -0.3 is 9.47 Å². The van der Waals surface area contributed by atoms with Crippen LogP contribution >= 0.6 is 0 Å². The number of aromatic nitrogens is 2. The lowest BCUT2D eigenvalue weighted by molar-refractivity contribution is 0.00106. The van der Waals surface area contributed by atoms with Crippen molar-refractivity contribution in [3.05, 3.63) is 22.1 Å². The molecule has 2 bridgehead atoms. The normalized spacial score (nSPS) is 31.0. The smallest absolute Gasteiger partial charge is 0.302 e. The summed E-state index contributed by atoms with van der Waals surface area (Å²) in [5, 5.41) is 0. The van der Waals surface area contributed by atoms with Crippen molar-refractivity contribution in [1.29, 1.82) is 0 Å². The summed E-state index contributed by atoms with van der Waals surface area (Å²) < 4.78 is 13.4. The van der Waals surface area contributed by atoms with Crippen LogP contribution in [0.4, 0.5) is 0 Å². The summed E-state index contributed by atoms with van der Waals surface area (Å²) >= 11 is 0. The van der Waals surface area contributed by atoms with E-state index >= 15 is 0 Å². The molecular weight excluding hydrogens is 208 g/mol. The van der Waals surface area contributed by atoms with Crippen molar-refractivity contribution < 1.29 is 9.47 Å². The van der Waals surface area contributed by atoms with Crippen molar-refractivity contribution in [2.24, 2.45) is 0 Å². The Morgan fingerprint density at radius 1 is 1.62 bits per heavy atom. The molecule has 86 valence electrons. The van der Waals surface area contributed by atoms with E-state index in [-0.39, 0.29) is 24.0 Å². The van der Waals surface area contributed by atoms with Gasteiger partial charge in [-0.05, 0) is 13.3 Å². The van der Waals surface area contributed by atoms with Crippen molar-refractivity contribution in [1.82, 2.24) is 9.55 Å². The topological polar surface area (TPSA) is 53.4 Å². The van der Waals surface area contributed by atoms with Gasteiger partial charge in [-0.2, -0.15) is 4.98 Å². The Hall–Kier alpha value is -1.36. The number of fused-ring (bicyclic) bond motifs is 4. The monoisotopic (exact) mass is 222 g/mol. The van der Waals surface area contributed by atoms with Crippen LogP contribution < -0.4 is 10.3 Å². The first-order valence-electron chi connectivity index (χ1n) is 5.61. The molecule has 5 heteroatoms. The zero-order chi connectivity index (χ0) is 11.3. The predicted octanol–water partition coefficient (Wildman–Crippen LogP) is 1.01. The second-order valence-corrected chi connectivity index (χ2v) is 4.35. The molecule has 3 heterocycles. The van der Waals surface area contributed by atoms with E-state index in [1.807, 2.05) is 4.57 Å². The quantitative estimate of drug-likeness (QED) is 0.711. The molecule has 0 amide bonds. The summed E-state index contributed by atoms with van der Waals surface area (Å²) in [6.07, 6.45) is 3.66. The number of hydrogen-bond acceptors (Lipinski definition) is 4. The molecule has 0 radical (unpaired) electrons. The van der Waals surface area contributed by atoms with Crippen molar-refractivity contribution in [2.75, 3.05) is 0 Å². The van der Waals surface area contributed by atoms with Crippen LogP contribution in [-0.2, 0) is 4.74 Å². The molecule has 0 spiro atoms. The highest BCUT2D eigenvalue weighted by molar-refractivity contribution is 5.12. The average molecular weight is 222 g/mol. The van der Waals surface area contributed by atoms with E-state index in [1.165, 1.54) is 0 Å². The van der Waals surface area contributed by atoms with E-state index in [0.29, 0.717) is 11.6 Å². The van der Waals surface area contributed by atoms with Gasteiger partial charge in [0, 0.05) is 18.2 Å². The van der Waals surface area contributed by atoms with Crippen LogP contribution in [0.2, 0.25) is 0 Å². The van der Waals surface area contributed by atoms with Gasteiger partial charge >= 0.3 is 6.01 Å². The average Bonchev–Trinajstić information content (AvgIpc) is 2.60. The van der Waals surface area contributed by atoms with Crippen LogP contribution in [0.5, 0.6) is 6.01 Å². The molecule has 1 saturated heterocycles. The van der Waals surface area contributed by atoms with Gasteiger partial charge in [0.15, 0.2) is 0 Å². The molecule has 0 aliphatic carbocycles. The highest BCUT2D eigenvalue weighted by atomic mass is 16.6. The molecule has 3 rings (SSSR count). The minimum absolute atomic E-state index is 0.0227. The molecule has 5 nitrogen and oxygen atoms in total. The third-order valence-corrected chi connectivity index (χ3v) is 3.24. The predicted molar refractivity (Wildman–Crippen MR) is 56.5 cm³/mol. The van der Waals surface area contributed by atoms with Gasteiger partial charge in [0.05, 0.1) is 6.10 Å².